The van der Waals surface area contributed by atoms with Crippen molar-refractivity contribution in [2.45, 2.75) is 0 Å². The summed E-state index contributed by atoms with van der Waals surface area (Å²) < 4.78 is 9.21. The SMILES string of the molecule is c1ccc(-c2cc(-n3c4ccccc4n4c5cc([Si](c6ccccc6)(c6ccccc6)c6ccccc6)ccc5nc34)nc(-n3c4ccc([Si](c5ccccc5)(c5ccccc5)c5ccccc5)cc4n4c5ccccc5nc34)c2)cc1. The van der Waals surface area contributed by atoms with Crippen molar-refractivity contribution >= 4 is 113 Å². The van der Waals surface area contributed by atoms with Gasteiger partial charge in [-0.05, 0) is 113 Å². The van der Waals surface area contributed by atoms with Crippen molar-refractivity contribution in [1.82, 2.24) is 32.9 Å². The van der Waals surface area contributed by atoms with Gasteiger partial charge in [0.15, 0.2) is 16.1 Å². The van der Waals surface area contributed by atoms with Gasteiger partial charge in [-0.2, -0.15) is 0 Å². The molecule has 82 heavy (non-hydrogen) atoms. The van der Waals surface area contributed by atoms with Gasteiger partial charge in [-0.3, -0.25) is 17.9 Å². The number of hydrogen-bond donors (Lipinski definition) is 0. The molecule has 0 unspecified atom stereocenters. The van der Waals surface area contributed by atoms with Crippen LogP contribution in [0.25, 0.3) is 78.5 Å². The first-order valence-electron chi connectivity index (χ1n) is 27.9. The number of aromatic nitrogens is 7. The van der Waals surface area contributed by atoms with E-state index in [1.807, 2.05) is 0 Å². The van der Waals surface area contributed by atoms with Crippen molar-refractivity contribution in [2.75, 3.05) is 0 Å². The lowest BCUT2D eigenvalue weighted by atomic mass is 10.1. The Morgan fingerprint density at radius 2 is 0.561 bits per heavy atom. The predicted molar refractivity (Wildman–Crippen MR) is 343 cm³/mol. The molecule has 0 bridgehead atoms. The third-order valence-electron chi connectivity index (χ3n) is 16.9. The Morgan fingerprint density at radius 1 is 0.220 bits per heavy atom. The second kappa shape index (κ2) is 19.1. The molecule has 0 atom stereocenters. The van der Waals surface area contributed by atoms with Gasteiger partial charge in [-0.15, -0.1) is 0 Å². The average Bonchev–Trinajstić information content (AvgIpc) is 3.72. The van der Waals surface area contributed by atoms with Crippen molar-refractivity contribution in [1.29, 1.82) is 0 Å². The second-order valence-corrected chi connectivity index (χ2v) is 28.8. The molecule has 5 aromatic heterocycles. The maximum atomic E-state index is 5.81. The summed E-state index contributed by atoms with van der Waals surface area (Å²) in [7, 11) is -5.80. The molecular formula is C73H51N7Si2. The van der Waals surface area contributed by atoms with Crippen LogP contribution in [0.1, 0.15) is 0 Å². The van der Waals surface area contributed by atoms with Crippen LogP contribution in [0.5, 0.6) is 0 Å². The molecule has 0 saturated heterocycles. The predicted octanol–water partition coefficient (Wildman–Crippen LogP) is 11.0. The van der Waals surface area contributed by atoms with Crippen LogP contribution in [-0.2, 0) is 0 Å². The molecule has 11 aromatic carbocycles. The Morgan fingerprint density at radius 3 is 1.02 bits per heavy atom. The van der Waals surface area contributed by atoms with Gasteiger partial charge in [0.05, 0.1) is 44.1 Å². The molecule has 386 valence electrons. The summed E-state index contributed by atoms with van der Waals surface area (Å²) >= 11 is 0. The molecule has 0 radical (unpaired) electrons. The molecule has 0 N–H and O–H groups in total. The maximum Gasteiger partial charge on any atom is 0.221 e. The van der Waals surface area contributed by atoms with E-state index >= 15 is 0 Å². The summed E-state index contributed by atoms with van der Waals surface area (Å²) in [6, 6.07) is 113. The minimum absolute atomic E-state index is 0.746. The summed E-state index contributed by atoms with van der Waals surface area (Å²) in [6.45, 7) is 0. The molecule has 9 heteroatoms. The minimum atomic E-state index is -2.92. The molecule has 0 aliphatic heterocycles. The Labute approximate surface area is 475 Å². The number of hydrogen-bond acceptors (Lipinski definition) is 3. The fourth-order valence-corrected chi connectivity index (χ4v) is 22.9. The van der Waals surface area contributed by atoms with Crippen molar-refractivity contribution in [3.63, 3.8) is 0 Å². The zero-order valence-electron chi connectivity index (χ0n) is 44.6. The average molecular weight is 1080 g/mol. The molecule has 0 saturated carbocycles. The lowest BCUT2D eigenvalue weighted by Crippen LogP contribution is -2.74. The first kappa shape index (κ1) is 47.5. The number of pyridine rings is 1. The topological polar surface area (TPSA) is 57.4 Å². The van der Waals surface area contributed by atoms with Crippen molar-refractivity contribution in [3.05, 3.63) is 309 Å². The van der Waals surface area contributed by atoms with Gasteiger partial charge in [0.25, 0.3) is 0 Å². The van der Waals surface area contributed by atoms with E-state index < -0.39 is 16.1 Å². The summed E-state index contributed by atoms with van der Waals surface area (Å²) in [6.07, 6.45) is 0. The zero-order chi connectivity index (χ0) is 54.2. The Hall–Kier alpha value is -10.5. The molecular weight excluding hydrogens is 1030 g/mol. The van der Waals surface area contributed by atoms with Crippen LogP contribution in [0, 0.1) is 0 Å². The van der Waals surface area contributed by atoms with Crippen molar-refractivity contribution in [2.24, 2.45) is 0 Å². The van der Waals surface area contributed by atoms with Crippen LogP contribution in [0.3, 0.4) is 0 Å². The fourth-order valence-electron chi connectivity index (χ4n) is 13.4. The number of benzene rings is 11. The smallest absolute Gasteiger partial charge is 0.221 e. The van der Waals surface area contributed by atoms with Gasteiger partial charge < -0.3 is 0 Å². The van der Waals surface area contributed by atoms with Gasteiger partial charge in [0.1, 0.15) is 11.6 Å². The minimum Gasteiger partial charge on any atom is -0.276 e. The fraction of sp³-hybridized carbons (Fsp3) is 0. The molecule has 16 rings (SSSR count). The van der Waals surface area contributed by atoms with Gasteiger partial charge in [-0.1, -0.05) is 249 Å². The highest BCUT2D eigenvalue weighted by molar-refractivity contribution is 7.20. The summed E-state index contributed by atoms with van der Waals surface area (Å²) in [5.74, 6) is 3.06. The highest BCUT2D eigenvalue weighted by atomic mass is 28.3. The lowest BCUT2D eigenvalue weighted by Gasteiger charge is -2.34. The third-order valence-corrected chi connectivity index (χ3v) is 26.4. The molecule has 5 heterocycles. The van der Waals surface area contributed by atoms with E-state index in [1.165, 1.54) is 41.5 Å². The van der Waals surface area contributed by atoms with E-state index in [0.29, 0.717) is 0 Å². The third kappa shape index (κ3) is 7.17. The Kier molecular flexibility index (Phi) is 11.1. The van der Waals surface area contributed by atoms with E-state index in [0.717, 1.165) is 78.5 Å². The Bertz CT molecular complexity index is 4830. The summed E-state index contributed by atoms with van der Waals surface area (Å²) in [5, 5.41) is 10.5. The van der Waals surface area contributed by atoms with Gasteiger partial charge in [-0.25, -0.2) is 15.0 Å². The normalized spacial score (nSPS) is 12.1. The van der Waals surface area contributed by atoms with E-state index in [1.54, 1.807) is 0 Å². The number of fused-ring (bicyclic) bond motifs is 10. The van der Waals surface area contributed by atoms with Crippen molar-refractivity contribution < 1.29 is 0 Å². The quantitative estimate of drug-likeness (QED) is 0.0958. The highest BCUT2D eigenvalue weighted by Gasteiger charge is 2.43. The number of nitrogens with zero attached hydrogens (tertiary/aromatic N) is 7. The molecule has 0 aliphatic carbocycles. The maximum absolute atomic E-state index is 5.81. The standard InChI is InChI=1S/C73H51N7Si2/c1-8-26-52(27-9-1)53-48-70(79-66-43-25-24-42-65(66)78-68-50-60(44-46-63(68)75-73(78)79)81(54-28-10-2-11-29-54,55-30-12-3-13-31-55)56-32-14-4-15-33-56)76-71(49-53)80-67-47-45-61(51-69(67)77-64-41-23-22-40-62(64)74-72(77)80)82(57-34-16-5-17-35-57,58-36-18-6-19-37-58)59-38-20-7-21-39-59/h1-51H. The van der Waals surface area contributed by atoms with Crippen molar-refractivity contribution in [3.8, 4) is 22.8 Å². The molecule has 0 spiro atoms. The number of rotatable bonds is 11. The van der Waals surface area contributed by atoms with E-state index in [2.05, 4.69) is 327 Å². The highest BCUT2D eigenvalue weighted by Crippen LogP contribution is 2.35. The van der Waals surface area contributed by atoms with Crippen LogP contribution in [-0.4, -0.2) is 49.0 Å². The van der Waals surface area contributed by atoms with Gasteiger partial charge in [0.2, 0.25) is 11.6 Å². The molecule has 0 amide bonds. The van der Waals surface area contributed by atoms with E-state index in [-0.39, 0.29) is 0 Å². The largest absolute Gasteiger partial charge is 0.276 e. The van der Waals surface area contributed by atoms with Crippen LogP contribution < -0.4 is 41.5 Å². The first-order valence-corrected chi connectivity index (χ1v) is 31.9. The summed E-state index contributed by atoms with van der Waals surface area (Å²) in [4.78, 5) is 16.9. The van der Waals surface area contributed by atoms with Crippen LogP contribution >= 0.6 is 0 Å². The monoisotopic (exact) mass is 1080 g/mol. The van der Waals surface area contributed by atoms with E-state index in [4.69, 9.17) is 15.0 Å². The molecule has 0 aliphatic rings. The van der Waals surface area contributed by atoms with Crippen LogP contribution in [0.2, 0.25) is 0 Å². The van der Waals surface area contributed by atoms with Gasteiger partial charge >= 0.3 is 0 Å². The zero-order valence-corrected chi connectivity index (χ0v) is 46.6. The van der Waals surface area contributed by atoms with Gasteiger partial charge in [0, 0.05) is 0 Å². The summed E-state index contributed by atoms with van der Waals surface area (Å²) in [5.41, 5.74) is 10.1. The second-order valence-electron chi connectivity index (χ2n) is 21.2. The molecule has 0 fully saturated rings. The molecule has 7 nitrogen and oxygen atoms in total. The van der Waals surface area contributed by atoms with Crippen LogP contribution in [0.4, 0.5) is 0 Å². The van der Waals surface area contributed by atoms with E-state index in [9.17, 15) is 0 Å². The Balaban J connectivity index is 0.963. The number of imidazole rings is 4. The number of para-hydroxylation sites is 4. The first-order chi connectivity index (χ1) is 40.7. The van der Waals surface area contributed by atoms with Crippen LogP contribution in [0.15, 0.2) is 309 Å². The lowest BCUT2D eigenvalue weighted by molar-refractivity contribution is 0.983. The molecule has 16 aromatic rings.